The van der Waals surface area contributed by atoms with Gasteiger partial charge in [-0.15, -0.1) is 11.3 Å². The van der Waals surface area contributed by atoms with Crippen molar-refractivity contribution < 1.29 is 18.3 Å². The lowest BCUT2D eigenvalue weighted by Crippen LogP contribution is -2.63. The molecule has 1 spiro atoms. The minimum atomic E-state index is -0.733. The first-order valence-corrected chi connectivity index (χ1v) is 14.8. The van der Waals surface area contributed by atoms with E-state index in [1.165, 1.54) is 19.2 Å². The van der Waals surface area contributed by atoms with Crippen molar-refractivity contribution in [2.24, 2.45) is 5.41 Å². The van der Waals surface area contributed by atoms with Crippen molar-refractivity contribution in [2.75, 3.05) is 50.5 Å². The molecule has 42 heavy (non-hydrogen) atoms. The Labute approximate surface area is 248 Å². The number of nitrogen functional groups attached to an aromatic ring is 1. The number of halogens is 3. The van der Waals surface area contributed by atoms with Gasteiger partial charge in [-0.1, -0.05) is 24.1 Å². The smallest absolute Gasteiger partial charge is 0.318 e. The molecule has 0 aliphatic carbocycles. The maximum absolute atomic E-state index is 16.6. The molecule has 13 heteroatoms. The average molecular weight is 610 g/mol. The topological polar surface area (TPSA) is 130 Å². The molecule has 2 aromatic heterocycles. The SMILES string of the molecule is COc1nc(N2CCCCC3(CN(C(=O)C4CN4)C3)C2)c2cc(Cl)c(-c3ccc(F)c4sc(N)c(C#N)c34)c(F)c2n1. The number of ether oxygens (including phenoxy) is 1. The highest BCUT2D eigenvalue weighted by molar-refractivity contribution is 7.23. The molecule has 0 saturated carbocycles. The number of rotatable bonds is 4. The Kier molecular flexibility index (Phi) is 6.38. The van der Waals surface area contributed by atoms with Gasteiger partial charge in [0.05, 0.1) is 28.4 Å². The Balaban J connectivity index is 1.34. The van der Waals surface area contributed by atoms with Crippen LogP contribution in [0.2, 0.25) is 5.02 Å². The first-order chi connectivity index (χ1) is 20.2. The number of methoxy groups -OCH3 is 1. The van der Waals surface area contributed by atoms with Gasteiger partial charge < -0.3 is 25.6 Å². The first-order valence-electron chi connectivity index (χ1n) is 13.7. The number of nitrogens with two attached hydrogens (primary N) is 1. The molecule has 0 bridgehead atoms. The highest BCUT2D eigenvalue weighted by Gasteiger charge is 2.49. The van der Waals surface area contributed by atoms with E-state index in [9.17, 15) is 14.4 Å². The number of carbonyl (C=O) groups excluding carboxylic acids is 1. The molecule has 0 radical (unpaired) electrons. The van der Waals surface area contributed by atoms with E-state index in [1.54, 1.807) is 6.07 Å². The van der Waals surface area contributed by atoms with Crippen LogP contribution in [-0.2, 0) is 4.79 Å². The van der Waals surface area contributed by atoms with Crippen LogP contribution in [0.5, 0.6) is 6.01 Å². The lowest BCUT2D eigenvalue weighted by molar-refractivity contribution is -0.142. The van der Waals surface area contributed by atoms with E-state index in [2.05, 4.69) is 20.2 Å². The third-order valence-corrected chi connectivity index (χ3v) is 9.83. The fraction of sp³-hybridized carbons (Fsp3) is 0.379. The molecule has 4 aromatic rings. The Morgan fingerprint density at radius 3 is 2.79 bits per heavy atom. The van der Waals surface area contributed by atoms with Crippen LogP contribution in [0.25, 0.3) is 32.1 Å². The summed E-state index contributed by atoms with van der Waals surface area (Å²) in [6.45, 7) is 3.41. The molecule has 3 N–H and O–H groups in total. The van der Waals surface area contributed by atoms with Gasteiger partial charge in [-0.3, -0.25) is 4.79 Å². The van der Waals surface area contributed by atoms with Gasteiger partial charge in [0.15, 0.2) is 5.82 Å². The van der Waals surface area contributed by atoms with Gasteiger partial charge in [0.25, 0.3) is 0 Å². The number of benzene rings is 2. The maximum Gasteiger partial charge on any atom is 0.318 e. The number of carbonyl (C=O) groups is 1. The fourth-order valence-electron chi connectivity index (χ4n) is 6.43. The van der Waals surface area contributed by atoms with E-state index in [0.717, 1.165) is 37.1 Å². The third-order valence-electron chi connectivity index (χ3n) is 8.51. The molecule has 1 unspecified atom stereocenters. The summed E-state index contributed by atoms with van der Waals surface area (Å²) in [5.41, 5.74) is 6.24. The van der Waals surface area contributed by atoms with E-state index >= 15 is 4.39 Å². The van der Waals surface area contributed by atoms with Crippen molar-refractivity contribution in [3.63, 3.8) is 0 Å². The van der Waals surface area contributed by atoms with Crippen LogP contribution in [0.4, 0.5) is 19.6 Å². The summed E-state index contributed by atoms with van der Waals surface area (Å²) in [5.74, 6) is -0.646. The first kappa shape index (κ1) is 27.1. The fourth-order valence-corrected chi connectivity index (χ4v) is 7.67. The Morgan fingerprint density at radius 2 is 2.07 bits per heavy atom. The number of anilines is 2. The van der Waals surface area contributed by atoms with E-state index in [0.29, 0.717) is 37.4 Å². The predicted molar refractivity (Wildman–Crippen MR) is 158 cm³/mol. The number of hydrogen-bond donors (Lipinski definition) is 2. The van der Waals surface area contributed by atoms with E-state index in [4.69, 9.17) is 22.1 Å². The normalized spacial score (nSPS) is 19.5. The van der Waals surface area contributed by atoms with Crippen molar-refractivity contribution in [1.29, 1.82) is 5.26 Å². The van der Waals surface area contributed by atoms with Crippen molar-refractivity contribution in [3.05, 3.63) is 40.4 Å². The Hall–Kier alpha value is -3.79. The summed E-state index contributed by atoms with van der Waals surface area (Å²) in [6, 6.07) is 6.19. The van der Waals surface area contributed by atoms with Crippen LogP contribution in [0.1, 0.15) is 24.8 Å². The number of thiophene rings is 1. The van der Waals surface area contributed by atoms with Crippen LogP contribution in [0.3, 0.4) is 0 Å². The van der Waals surface area contributed by atoms with Crippen LogP contribution in [0, 0.1) is 28.4 Å². The van der Waals surface area contributed by atoms with Crippen LogP contribution >= 0.6 is 22.9 Å². The minimum absolute atomic E-state index is 0.000970. The second kappa shape index (κ2) is 9.90. The van der Waals surface area contributed by atoms with Crippen molar-refractivity contribution >= 4 is 60.7 Å². The molecule has 3 aliphatic heterocycles. The van der Waals surface area contributed by atoms with Crippen LogP contribution < -0.4 is 20.7 Å². The molecule has 1 amide bonds. The Morgan fingerprint density at radius 1 is 1.29 bits per heavy atom. The molecule has 216 valence electrons. The molecule has 9 nitrogen and oxygen atoms in total. The van der Waals surface area contributed by atoms with Gasteiger partial charge in [-0.25, -0.2) is 8.78 Å². The van der Waals surface area contributed by atoms with Crippen molar-refractivity contribution in [2.45, 2.75) is 25.3 Å². The third kappa shape index (κ3) is 4.21. The molecule has 3 saturated heterocycles. The van der Waals surface area contributed by atoms with Crippen LogP contribution in [0.15, 0.2) is 18.2 Å². The second-order valence-electron chi connectivity index (χ2n) is 11.3. The van der Waals surface area contributed by atoms with Gasteiger partial charge in [-0.05, 0) is 30.5 Å². The summed E-state index contributed by atoms with van der Waals surface area (Å²) in [5, 5.41) is 13.7. The number of amides is 1. The number of aromatic nitrogens is 2. The van der Waals surface area contributed by atoms with Gasteiger partial charge in [0.1, 0.15) is 28.2 Å². The van der Waals surface area contributed by atoms with Crippen molar-refractivity contribution in [1.82, 2.24) is 20.2 Å². The average Bonchev–Trinajstić information content (AvgIpc) is 3.77. The zero-order valence-electron chi connectivity index (χ0n) is 22.6. The lowest BCUT2D eigenvalue weighted by Gasteiger charge is -2.51. The molecule has 2 aromatic carbocycles. The molecule has 1 atom stereocenters. The zero-order chi connectivity index (χ0) is 29.3. The van der Waals surface area contributed by atoms with E-state index < -0.39 is 11.6 Å². The van der Waals surface area contributed by atoms with Gasteiger partial charge in [0, 0.05) is 54.5 Å². The summed E-state index contributed by atoms with van der Waals surface area (Å²) < 4.78 is 36.8. The number of nitriles is 1. The zero-order valence-corrected chi connectivity index (χ0v) is 24.2. The number of likely N-dealkylation sites (tertiary alicyclic amines) is 1. The molecule has 7 rings (SSSR count). The highest BCUT2D eigenvalue weighted by Crippen LogP contribution is 2.46. The maximum atomic E-state index is 16.6. The largest absolute Gasteiger partial charge is 0.467 e. The highest BCUT2D eigenvalue weighted by atomic mass is 35.5. The summed E-state index contributed by atoms with van der Waals surface area (Å²) in [4.78, 5) is 25.6. The molecular formula is C29H26ClF2N7O2S. The van der Waals surface area contributed by atoms with Gasteiger partial charge >= 0.3 is 6.01 Å². The van der Waals surface area contributed by atoms with E-state index in [-0.39, 0.29) is 65.7 Å². The van der Waals surface area contributed by atoms with E-state index in [1.807, 2.05) is 11.0 Å². The monoisotopic (exact) mass is 609 g/mol. The molecular weight excluding hydrogens is 584 g/mol. The predicted octanol–water partition coefficient (Wildman–Crippen LogP) is 4.70. The number of nitrogens with one attached hydrogen (secondary N) is 1. The van der Waals surface area contributed by atoms with Crippen molar-refractivity contribution in [3.8, 4) is 23.2 Å². The molecule has 3 fully saturated rings. The quantitative estimate of drug-likeness (QED) is 0.319. The number of hydrogen-bond acceptors (Lipinski definition) is 9. The summed E-state index contributed by atoms with van der Waals surface area (Å²) in [7, 11) is 1.42. The number of nitrogens with zero attached hydrogens (tertiary/aromatic N) is 5. The molecule has 3 aliphatic rings. The summed E-state index contributed by atoms with van der Waals surface area (Å²) >= 11 is 7.72. The summed E-state index contributed by atoms with van der Waals surface area (Å²) in [6.07, 6.45) is 2.90. The van der Waals surface area contributed by atoms with Gasteiger partial charge in [0.2, 0.25) is 5.91 Å². The standard InChI is InChI=1S/C29H26ClF2N7O2S/c1-41-28-36-23-15(26(37-28)38-7-3-2-6-29(11-38)12-39(13-29)27(40)19-10-35-19)8-17(30)21(22(23)32)14-4-5-18(31)24-20(14)16(9-33)25(34)42-24/h4-5,8,19,35H,2-3,6-7,10-13,34H2,1H3. The number of fused-ring (bicyclic) bond motifs is 2. The second-order valence-corrected chi connectivity index (χ2v) is 12.7. The van der Waals surface area contributed by atoms with Gasteiger partial charge in [-0.2, -0.15) is 15.2 Å². The minimum Gasteiger partial charge on any atom is -0.467 e. The Bertz CT molecular complexity index is 1830. The molecule has 5 heterocycles. The van der Waals surface area contributed by atoms with Crippen LogP contribution in [-0.4, -0.2) is 66.7 Å². The lowest BCUT2D eigenvalue weighted by atomic mass is 9.75.